The fourth-order valence-electron chi connectivity index (χ4n) is 2.79. The van der Waals surface area contributed by atoms with Gasteiger partial charge in [-0.15, -0.1) is 0 Å². The summed E-state index contributed by atoms with van der Waals surface area (Å²) in [5.74, 6) is -1.85. The van der Waals surface area contributed by atoms with Crippen molar-refractivity contribution in [3.63, 3.8) is 0 Å². The second kappa shape index (κ2) is 7.06. The topological polar surface area (TPSA) is 98.4 Å². The van der Waals surface area contributed by atoms with E-state index >= 15 is 0 Å². The molecule has 0 aliphatic carbocycles. The maximum Gasteiger partial charge on any atom is 0.267 e. The first-order valence-corrected chi connectivity index (χ1v) is 7.76. The molecule has 2 aromatic rings. The molecule has 3 N–H and O–H groups in total. The summed E-state index contributed by atoms with van der Waals surface area (Å²) in [6.07, 6.45) is -0.0411. The van der Waals surface area contributed by atoms with Crippen molar-refractivity contribution in [2.45, 2.75) is 25.0 Å². The molecule has 25 heavy (non-hydrogen) atoms. The van der Waals surface area contributed by atoms with Crippen LogP contribution in [0.5, 0.6) is 5.75 Å². The molecule has 1 aliphatic rings. The molecule has 1 aromatic heterocycles. The van der Waals surface area contributed by atoms with Gasteiger partial charge in [-0.2, -0.15) is 0 Å². The molecule has 0 unspecified atom stereocenters. The highest BCUT2D eigenvalue weighted by Crippen LogP contribution is 2.22. The Morgan fingerprint density at radius 2 is 2.04 bits per heavy atom. The first-order chi connectivity index (χ1) is 11.9. The standard InChI is InChI=1S/C16H17F2N3O4/c17-10-4-11(18)6-12(5-10)25-14-1-2-21(8-13(14)22)15(23)3-9-7-19-20-16(9)24/h4-7,13-14,22H,1-3,8H2,(H2,19,20,24)/t13-,14-/m1/s1. The van der Waals surface area contributed by atoms with E-state index in [2.05, 4.69) is 10.2 Å². The Morgan fingerprint density at radius 1 is 1.32 bits per heavy atom. The molecule has 0 radical (unpaired) electrons. The lowest BCUT2D eigenvalue weighted by Crippen LogP contribution is -2.51. The number of H-pyrrole nitrogens is 2. The van der Waals surface area contributed by atoms with Crippen LogP contribution >= 0.6 is 0 Å². The smallest absolute Gasteiger partial charge is 0.267 e. The second-order valence-corrected chi connectivity index (χ2v) is 5.90. The van der Waals surface area contributed by atoms with E-state index in [1.807, 2.05) is 0 Å². The minimum absolute atomic E-state index is 0.0137. The van der Waals surface area contributed by atoms with Crippen LogP contribution in [0, 0.1) is 11.6 Å². The average molecular weight is 353 g/mol. The molecule has 0 saturated carbocycles. The van der Waals surface area contributed by atoms with E-state index < -0.39 is 23.8 Å². The van der Waals surface area contributed by atoms with Crippen LogP contribution in [0.4, 0.5) is 8.78 Å². The highest BCUT2D eigenvalue weighted by molar-refractivity contribution is 5.78. The van der Waals surface area contributed by atoms with Crippen LogP contribution in [0.3, 0.4) is 0 Å². The van der Waals surface area contributed by atoms with Crippen LogP contribution in [0.25, 0.3) is 0 Å². The Balaban J connectivity index is 1.59. The number of amides is 1. The van der Waals surface area contributed by atoms with E-state index in [4.69, 9.17) is 4.74 Å². The molecule has 0 bridgehead atoms. The number of rotatable bonds is 4. The van der Waals surface area contributed by atoms with E-state index in [0.29, 0.717) is 18.5 Å². The third-order valence-corrected chi connectivity index (χ3v) is 4.06. The highest BCUT2D eigenvalue weighted by Gasteiger charge is 2.32. The van der Waals surface area contributed by atoms with Gasteiger partial charge in [0.1, 0.15) is 29.6 Å². The van der Waals surface area contributed by atoms with Crippen LogP contribution in [0.15, 0.2) is 29.2 Å². The molecule has 1 amide bonds. The van der Waals surface area contributed by atoms with Gasteiger partial charge in [0, 0.05) is 42.9 Å². The third kappa shape index (κ3) is 4.05. The zero-order chi connectivity index (χ0) is 18.0. The van der Waals surface area contributed by atoms with Crippen molar-refractivity contribution < 1.29 is 23.4 Å². The largest absolute Gasteiger partial charge is 0.487 e. The summed E-state index contributed by atoms with van der Waals surface area (Å²) >= 11 is 0. The molecular weight excluding hydrogens is 336 g/mol. The maximum absolute atomic E-state index is 13.2. The highest BCUT2D eigenvalue weighted by atomic mass is 19.1. The summed E-state index contributed by atoms with van der Waals surface area (Å²) in [6, 6.07) is 2.80. The van der Waals surface area contributed by atoms with Gasteiger partial charge in [-0.25, -0.2) is 8.78 Å². The molecular formula is C16H17F2N3O4. The van der Waals surface area contributed by atoms with E-state index in [9.17, 15) is 23.5 Å². The number of benzene rings is 1. The minimum Gasteiger partial charge on any atom is -0.487 e. The van der Waals surface area contributed by atoms with Crippen molar-refractivity contribution >= 4 is 5.91 Å². The van der Waals surface area contributed by atoms with Crippen molar-refractivity contribution in [2.24, 2.45) is 0 Å². The number of likely N-dealkylation sites (tertiary alicyclic amines) is 1. The molecule has 9 heteroatoms. The van der Waals surface area contributed by atoms with Gasteiger partial charge in [-0.3, -0.25) is 14.7 Å². The number of β-amino-alcohol motifs (C(OH)–C–C–N with tert-alkyl or cyclic N) is 1. The number of carbonyl (C=O) groups excluding carboxylic acids is 1. The number of aliphatic hydroxyl groups excluding tert-OH is 1. The van der Waals surface area contributed by atoms with E-state index in [1.165, 1.54) is 11.1 Å². The summed E-state index contributed by atoms with van der Waals surface area (Å²) in [5, 5.41) is 15.1. The normalized spacial score (nSPS) is 20.5. The van der Waals surface area contributed by atoms with Gasteiger partial charge in [0.15, 0.2) is 0 Å². The van der Waals surface area contributed by atoms with E-state index in [1.54, 1.807) is 0 Å². The summed E-state index contributed by atoms with van der Waals surface area (Å²) in [5.41, 5.74) is -0.0478. The molecule has 3 rings (SSSR count). The Kier molecular flexibility index (Phi) is 4.84. The van der Waals surface area contributed by atoms with Gasteiger partial charge in [-0.1, -0.05) is 0 Å². The van der Waals surface area contributed by atoms with Crippen LogP contribution < -0.4 is 10.3 Å². The lowest BCUT2D eigenvalue weighted by atomic mass is 10.0. The number of nitrogens with one attached hydrogen (secondary N) is 2. The number of aliphatic hydroxyl groups is 1. The van der Waals surface area contributed by atoms with Crippen molar-refractivity contribution in [3.8, 4) is 5.75 Å². The number of aromatic nitrogens is 2. The second-order valence-electron chi connectivity index (χ2n) is 5.90. The average Bonchev–Trinajstić information content (AvgIpc) is 2.93. The number of hydrogen-bond donors (Lipinski definition) is 3. The number of halogens is 2. The Hall–Kier alpha value is -2.68. The first-order valence-electron chi connectivity index (χ1n) is 7.76. The van der Waals surface area contributed by atoms with Gasteiger partial charge < -0.3 is 19.8 Å². The summed E-state index contributed by atoms with van der Waals surface area (Å²) in [4.78, 5) is 25.1. The summed E-state index contributed by atoms with van der Waals surface area (Å²) in [6.45, 7) is 0.324. The number of nitrogens with zero attached hydrogens (tertiary/aromatic N) is 1. The fraction of sp³-hybridized carbons (Fsp3) is 0.375. The molecule has 7 nitrogen and oxygen atoms in total. The zero-order valence-corrected chi connectivity index (χ0v) is 13.2. The molecule has 1 saturated heterocycles. The van der Waals surface area contributed by atoms with Crippen LogP contribution in [0.1, 0.15) is 12.0 Å². The van der Waals surface area contributed by atoms with Gasteiger partial charge in [0.25, 0.3) is 5.56 Å². The summed E-state index contributed by atoms with van der Waals surface area (Å²) in [7, 11) is 0. The molecule has 1 fully saturated rings. The lowest BCUT2D eigenvalue weighted by molar-refractivity contribution is -0.136. The number of piperidine rings is 1. The van der Waals surface area contributed by atoms with Crippen LogP contribution in [-0.4, -0.2) is 51.4 Å². The molecule has 2 atom stereocenters. The molecule has 2 heterocycles. The van der Waals surface area contributed by atoms with Crippen molar-refractivity contribution in [2.75, 3.05) is 13.1 Å². The maximum atomic E-state index is 13.2. The Morgan fingerprint density at radius 3 is 2.64 bits per heavy atom. The first kappa shape index (κ1) is 17.2. The van der Waals surface area contributed by atoms with Crippen molar-refractivity contribution in [3.05, 3.63) is 51.9 Å². The van der Waals surface area contributed by atoms with Gasteiger partial charge in [0.05, 0.1) is 13.0 Å². The molecule has 134 valence electrons. The monoisotopic (exact) mass is 353 g/mol. The number of aromatic amines is 2. The predicted molar refractivity (Wildman–Crippen MR) is 83.1 cm³/mol. The molecule has 0 spiro atoms. The third-order valence-electron chi connectivity index (χ3n) is 4.06. The van der Waals surface area contributed by atoms with E-state index in [-0.39, 0.29) is 30.2 Å². The lowest BCUT2D eigenvalue weighted by Gasteiger charge is -2.36. The Bertz CT molecular complexity index is 799. The van der Waals surface area contributed by atoms with Crippen molar-refractivity contribution in [1.82, 2.24) is 15.1 Å². The number of ether oxygens (including phenoxy) is 1. The molecule has 1 aliphatic heterocycles. The zero-order valence-electron chi connectivity index (χ0n) is 13.2. The number of carbonyl (C=O) groups is 1. The molecule has 1 aromatic carbocycles. The van der Waals surface area contributed by atoms with Gasteiger partial charge >= 0.3 is 0 Å². The van der Waals surface area contributed by atoms with Crippen molar-refractivity contribution in [1.29, 1.82) is 0 Å². The van der Waals surface area contributed by atoms with E-state index in [0.717, 1.165) is 18.2 Å². The van der Waals surface area contributed by atoms with Crippen LogP contribution in [-0.2, 0) is 11.2 Å². The van der Waals surface area contributed by atoms with Gasteiger partial charge in [-0.05, 0) is 0 Å². The predicted octanol–water partition coefficient (Wildman–Crippen LogP) is 0.564. The minimum atomic E-state index is -1.01. The quantitative estimate of drug-likeness (QED) is 0.748. The SMILES string of the molecule is O=C(Cc1c[nH][nH]c1=O)N1CC[C@@H](Oc2cc(F)cc(F)c2)[C@H](O)C1. The Labute approximate surface area is 141 Å². The summed E-state index contributed by atoms with van der Waals surface area (Å²) < 4.78 is 31.8. The fourth-order valence-corrected chi connectivity index (χ4v) is 2.79. The number of hydrogen-bond acceptors (Lipinski definition) is 4. The van der Waals surface area contributed by atoms with Gasteiger partial charge in [0.2, 0.25) is 5.91 Å². The van der Waals surface area contributed by atoms with Crippen LogP contribution in [0.2, 0.25) is 0 Å².